The molecular formula is C11H19BrIN. The van der Waals surface area contributed by atoms with E-state index in [0.717, 1.165) is 6.54 Å². The van der Waals surface area contributed by atoms with Crippen molar-refractivity contribution in [3.8, 4) is 9.85 Å². The van der Waals surface area contributed by atoms with Crippen LogP contribution < -0.4 is 17.0 Å². The van der Waals surface area contributed by atoms with Crippen molar-refractivity contribution in [2.75, 3.05) is 26.2 Å². The molecule has 0 radical (unpaired) electrons. The van der Waals surface area contributed by atoms with Gasteiger partial charge in [-0.2, -0.15) is 0 Å². The number of hydrogen-bond acceptors (Lipinski definition) is 0. The fourth-order valence-corrected chi connectivity index (χ4v) is 2.33. The first-order valence-electron chi connectivity index (χ1n) is 5.26. The Kier molecular flexibility index (Phi) is 8.36. The minimum absolute atomic E-state index is 0. The number of quaternary nitrogens is 1. The van der Waals surface area contributed by atoms with Crippen LogP contribution in [0, 0.1) is 9.85 Å². The Morgan fingerprint density at radius 3 is 2.43 bits per heavy atom. The summed E-state index contributed by atoms with van der Waals surface area (Å²) in [5.74, 6) is 3.25. The molecule has 0 N–H and O–H groups in total. The summed E-state index contributed by atoms with van der Waals surface area (Å²) in [6, 6.07) is 0. The molecular weight excluding hydrogens is 353 g/mol. The van der Waals surface area contributed by atoms with Gasteiger partial charge in [0.1, 0.15) is 6.54 Å². The van der Waals surface area contributed by atoms with Gasteiger partial charge in [-0.3, -0.25) is 0 Å². The predicted molar refractivity (Wildman–Crippen MR) is 65.7 cm³/mol. The molecule has 0 aromatic rings. The zero-order valence-corrected chi connectivity index (χ0v) is 12.6. The largest absolute Gasteiger partial charge is 1.00 e. The molecule has 1 aliphatic rings. The second kappa shape index (κ2) is 7.95. The van der Waals surface area contributed by atoms with E-state index in [2.05, 4.69) is 39.4 Å². The highest BCUT2D eigenvalue weighted by Gasteiger charge is 2.29. The lowest BCUT2D eigenvalue weighted by Gasteiger charge is -2.32. The molecule has 1 heterocycles. The van der Waals surface area contributed by atoms with E-state index in [-0.39, 0.29) is 17.0 Å². The lowest BCUT2D eigenvalue weighted by Crippen LogP contribution is -3.00. The number of hydrogen-bond donors (Lipinski definition) is 0. The molecule has 0 aromatic heterocycles. The molecule has 14 heavy (non-hydrogen) atoms. The molecule has 1 nitrogen and oxygen atoms in total. The summed E-state index contributed by atoms with van der Waals surface area (Å²) in [4.78, 5) is 0. The minimum atomic E-state index is 0. The van der Waals surface area contributed by atoms with Gasteiger partial charge in [-0.15, -0.1) is 0 Å². The summed E-state index contributed by atoms with van der Waals surface area (Å²) in [6.07, 6.45) is 5.50. The molecule has 0 aliphatic carbocycles. The fourth-order valence-electron chi connectivity index (χ4n) is 2.16. The number of rotatable bonds is 4. The van der Waals surface area contributed by atoms with Crippen LogP contribution in [0.3, 0.4) is 0 Å². The van der Waals surface area contributed by atoms with Gasteiger partial charge in [0.25, 0.3) is 0 Å². The van der Waals surface area contributed by atoms with Gasteiger partial charge in [0.2, 0.25) is 0 Å². The third-order valence-corrected chi connectivity index (χ3v) is 3.36. The van der Waals surface area contributed by atoms with Gasteiger partial charge in [0, 0.05) is 35.4 Å². The van der Waals surface area contributed by atoms with E-state index in [1.54, 1.807) is 0 Å². The van der Waals surface area contributed by atoms with E-state index in [4.69, 9.17) is 0 Å². The standard InChI is InChI=1S/C11H19IN.BrH/c1-2-3-8-13(11-6-7-12)9-4-5-10-13;/h2-5,8-11H2,1H3;1H/q+1;/p-1. The van der Waals surface area contributed by atoms with Crippen molar-refractivity contribution in [2.45, 2.75) is 32.6 Å². The minimum Gasteiger partial charge on any atom is -1.00 e. The van der Waals surface area contributed by atoms with Crippen LogP contribution in [0.2, 0.25) is 0 Å². The van der Waals surface area contributed by atoms with Gasteiger partial charge >= 0.3 is 0 Å². The Bertz CT molecular complexity index is 201. The number of nitrogens with zero attached hydrogens (tertiary/aromatic N) is 1. The Morgan fingerprint density at radius 2 is 1.93 bits per heavy atom. The highest BCUT2D eigenvalue weighted by atomic mass is 127. The van der Waals surface area contributed by atoms with Crippen LogP contribution in [0.4, 0.5) is 0 Å². The molecule has 1 rings (SSSR count). The highest BCUT2D eigenvalue weighted by molar-refractivity contribution is 14.1. The molecule has 0 aromatic carbocycles. The smallest absolute Gasteiger partial charge is 0.141 e. The van der Waals surface area contributed by atoms with Crippen molar-refractivity contribution in [3.63, 3.8) is 0 Å². The van der Waals surface area contributed by atoms with Gasteiger partial charge in [0.15, 0.2) is 0 Å². The SMILES string of the molecule is CCCC[N+]1(CC#CI)CCCC1.[Br-]. The molecule has 0 saturated carbocycles. The zero-order valence-electron chi connectivity index (χ0n) is 8.86. The van der Waals surface area contributed by atoms with E-state index in [1.807, 2.05) is 0 Å². The second-order valence-electron chi connectivity index (χ2n) is 4.00. The van der Waals surface area contributed by atoms with E-state index in [9.17, 15) is 0 Å². The molecule has 0 spiro atoms. The van der Waals surface area contributed by atoms with Gasteiger partial charge in [-0.1, -0.05) is 13.3 Å². The van der Waals surface area contributed by atoms with Crippen molar-refractivity contribution in [2.24, 2.45) is 0 Å². The fraction of sp³-hybridized carbons (Fsp3) is 0.818. The number of halogens is 2. The van der Waals surface area contributed by atoms with Crippen LogP contribution in [0.5, 0.6) is 0 Å². The van der Waals surface area contributed by atoms with Gasteiger partial charge in [-0.05, 0) is 16.3 Å². The first-order valence-corrected chi connectivity index (χ1v) is 6.34. The highest BCUT2D eigenvalue weighted by Crippen LogP contribution is 2.19. The normalized spacial score (nSPS) is 18.1. The maximum atomic E-state index is 3.25. The molecule has 0 atom stereocenters. The first-order chi connectivity index (χ1) is 6.33. The third-order valence-electron chi connectivity index (χ3n) is 2.98. The Hall–Kier alpha value is 0.730. The van der Waals surface area contributed by atoms with Crippen LogP contribution in [-0.2, 0) is 0 Å². The topological polar surface area (TPSA) is 0 Å². The van der Waals surface area contributed by atoms with Crippen molar-refractivity contribution < 1.29 is 21.5 Å². The Morgan fingerprint density at radius 1 is 1.29 bits per heavy atom. The molecule has 3 heteroatoms. The Labute approximate surface area is 112 Å². The summed E-state index contributed by atoms with van der Waals surface area (Å²) in [7, 11) is 0. The van der Waals surface area contributed by atoms with Crippen molar-refractivity contribution in [1.82, 2.24) is 0 Å². The maximum Gasteiger partial charge on any atom is 0.141 e. The molecule has 82 valence electrons. The van der Waals surface area contributed by atoms with Gasteiger partial charge in [0.05, 0.1) is 19.6 Å². The van der Waals surface area contributed by atoms with Crippen molar-refractivity contribution in [1.29, 1.82) is 0 Å². The van der Waals surface area contributed by atoms with Crippen LogP contribution in [0.1, 0.15) is 32.6 Å². The molecule has 0 bridgehead atoms. The number of unbranched alkanes of at least 4 members (excludes halogenated alkanes) is 1. The quantitative estimate of drug-likeness (QED) is 0.364. The summed E-state index contributed by atoms with van der Waals surface area (Å²) < 4.78 is 4.28. The van der Waals surface area contributed by atoms with Crippen molar-refractivity contribution >= 4 is 22.6 Å². The average molecular weight is 372 g/mol. The molecule has 1 aliphatic heterocycles. The van der Waals surface area contributed by atoms with Gasteiger partial charge < -0.3 is 21.5 Å². The van der Waals surface area contributed by atoms with Crippen LogP contribution in [0.15, 0.2) is 0 Å². The summed E-state index contributed by atoms with van der Waals surface area (Å²) >= 11 is 2.15. The van der Waals surface area contributed by atoms with Crippen LogP contribution in [0.25, 0.3) is 0 Å². The summed E-state index contributed by atoms with van der Waals surface area (Å²) in [6.45, 7) is 7.44. The third kappa shape index (κ3) is 4.50. The average Bonchev–Trinajstić information content (AvgIpc) is 2.61. The lowest BCUT2D eigenvalue weighted by molar-refractivity contribution is -0.910. The summed E-state index contributed by atoms with van der Waals surface area (Å²) in [5.41, 5.74) is 0. The Balaban J connectivity index is 0.00000169. The molecule has 1 fully saturated rings. The summed E-state index contributed by atoms with van der Waals surface area (Å²) in [5, 5.41) is 0. The van der Waals surface area contributed by atoms with E-state index in [0.29, 0.717) is 0 Å². The second-order valence-corrected chi connectivity index (χ2v) is 4.54. The number of likely N-dealkylation sites (tertiary alicyclic amines) is 1. The molecule has 1 saturated heterocycles. The molecule has 0 unspecified atom stereocenters. The maximum absolute atomic E-state index is 3.25. The van der Waals surface area contributed by atoms with Crippen LogP contribution in [-0.4, -0.2) is 30.7 Å². The lowest BCUT2D eigenvalue weighted by atomic mass is 10.2. The van der Waals surface area contributed by atoms with Gasteiger partial charge in [-0.25, -0.2) is 0 Å². The predicted octanol–water partition coefficient (Wildman–Crippen LogP) is -0.203. The first kappa shape index (κ1) is 14.7. The monoisotopic (exact) mass is 371 g/mol. The van der Waals surface area contributed by atoms with E-state index in [1.165, 1.54) is 49.8 Å². The zero-order chi connectivity index (χ0) is 9.57. The van der Waals surface area contributed by atoms with E-state index >= 15 is 0 Å². The van der Waals surface area contributed by atoms with Crippen LogP contribution >= 0.6 is 22.6 Å². The molecule has 0 amide bonds. The van der Waals surface area contributed by atoms with E-state index < -0.39 is 0 Å². The van der Waals surface area contributed by atoms with Crippen molar-refractivity contribution in [3.05, 3.63) is 0 Å².